The SMILES string of the molecule is CC(CN)(NS(=O)(=O)CC1CC1)C1CC1. The van der Waals surface area contributed by atoms with Gasteiger partial charge in [0.2, 0.25) is 10.0 Å². The largest absolute Gasteiger partial charge is 0.329 e. The van der Waals surface area contributed by atoms with Gasteiger partial charge in [-0.25, -0.2) is 13.1 Å². The molecule has 1 atom stereocenters. The van der Waals surface area contributed by atoms with Gasteiger partial charge in [-0.2, -0.15) is 0 Å². The summed E-state index contributed by atoms with van der Waals surface area (Å²) in [6, 6.07) is 0. The van der Waals surface area contributed by atoms with Gasteiger partial charge in [0, 0.05) is 12.1 Å². The van der Waals surface area contributed by atoms with Crippen molar-refractivity contribution in [1.29, 1.82) is 0 Å². The Kier molecular flexibility index (Phi) is 2.81. The van der Waals surface area contributed by atoms with E-state index >= 15 is 0 Å². The normalized spacial score (nSPS) is 26.3. The highest BCUT2D eigenvalue weighted by Gasteiger charge is 2.43. The van der Waals surface area contributed by atoms with E-state index in [-0.39, 0.29) is 5.75 Å². The predicted octanol–water partition coefficient (Wildman–Crippen LogP) is 0.443. The zero-order valence-electron chi connectivity index (χ0n) is 9.20. The average molecular weight is 232 g/mol. The molecule has 5 heteroatoms. The summed E-state index contributed by atoms with van der Waals surface area (Å²) in [5.74, 6) is 1.12. The second-order valence-corrected chi connectivity index (χ2v) is 6.99. The van der Waals surface area contributed by atoms with Crippen LogP contribution in [0.25, 0.3) is 0 Å². The summed E-state index contributed by atoms with van der Waals surface area (Å²) in [6.07, 6.45) is 4.31. The molecule has 0 saturated heterocycles. The minimum absolute atomic E-state index is 0.287. The molecule has 0 bridgehead atoms. The minimum atomic E-state index is -3.12. The molecule has 0 aromatic carbocycles. The van der Waals surface area contributed by atoms with Crippen molar-refractivity contribution in [2.75, 3.05) is 12.3 Å². The van der Waals surface area contributed by atoms with Crippen LogP contribution in [-0.2, 0) is 10.0 Å². The number of sulfonamides is 1. The van der Waals surface area contributed by atoms with Crippen LogP contribution in [0.4, 0.5) is 0 Å². The second-order valence-electron chi connectivity index (χ2n) is 5.22. The standard InChI is InChI=1S/C10H20N2O2S/c1-10(7-11,9-4-5-9)12-15(13,14)6-8-2-3-8/h8-9,12H,2-7,11H2,1H3. The molecule has 0 amide bonds. The lowest BCUT2D eigenvalue weighted by Crippen LogP contribution is -2.53. The maximum atomic E-state index is 11.8. The molecular formula is C10H20N2O2S. The topological polar surface area (TPSA) is 72.2 Å². The first-order chi connectivity index (χ1) is 6.95. The molecule has 0 aromatic heterocycles. The molecule has 15 heavy (non-hydrogen) atoms. The van der Waals surface area contributed by atoms with Crippen LogP contribution in [0.2, 0.25) is 0 Å². The zero-order valence-corrected chi connectivity index (χ0v) is 10.0. The van der Waals surface area contributed by atoms with Crippen LogP contribution < -0.4 is 10.5 Å². The van der Waals surface area contributed by atoms with Gasteiger partial charge in [0.05, 0.1) is 5.75 Å². The van der Waals surface area contributed by atoms with Crippen molar-refractivity contribution < 1.29 is 8.42 Å². The van der Waals surface area contributed by atoms with E-state index in [4.69, 9.17) is 5.73 Å². The van der Waals surface area contributed by atoms with Gasteiger partial charge in [-0.3, -0.25) is 0 Å². The van der Waals surface area contributed by atoms with Crippen molar-refractivity contribution in [3.8, 4) is 0 Å². The fourth-order valence-electron chi connectivity index (χ4n) is 2.00. The number of nitrogens with one attached hydrogen (secondary N) is 1. The molecular weight excluding hydrogens is 212 g/mol. The fraction of sp³-hybridized carbons (Fsp3) is 1.00. The highest BCUT2D eigenvalue weighted by Crippen LogP contribution is 2.39. The average Bonchev–Trinajstić information content (AvgIpc) is 2.95. The molecule has 0 radical (unpaired) electrons. The van der Waals surface area contributed by atoms with Crippen molar-refractivity contribution >= 4 is 10.0 Å². The summed E-state index contributed by atoms with van der Waals surface area (Å²) in [4.78, 5) is 0. The first-order valence-corrected chi connectivity index (χ1v) is 7.32. The van der Waals surface area contributed by atoms with Crippen molar-refractivity contribution in [3.05, 3.63) is 0 Å². The monoisotopic (exact) mass is 232 g/mol. The number of hydrogen-bond donors (Lipinski definition) is 2. The Morgan fingerprint density at radius 1 is 1.33 bits per heavy atom. The van der Waals surface area contributed by atoms with E-state index in [1.54, 1.807) is 0 Å². The molecule has 2 rings (SSSR count). The zero-order chi connectivity index (χ0) is 11.1. The minimum Gasteiger partial charge on any atom is -0.329 e. The molecule has 2 aliphatic rings. The lowest BCUT2D eigenvalue weighted by Gasteiger charge is -2.29. The number of rotatable bonds is 6. The predicted molar refractivity (Wildman–Crippen MR) is 59.8 cm³/mol. The van der Waals surface area contributed by atoms with Crippen LogP contribution in [0, 0.1) is 11.8 Å². The van der Waals surface area contributed by atoms with Crippen LogP contribution in [0.15, 0.2) is 0 Å². The molecule has 0 heterocycles. The Balaban J connectivity index is 1.97. The molecule has 0 aromatic rings. The second kappa shape index (κ2) is 3.71. The lowest BCUT2D eigenvalue weighted by atomic mass is 9.98. The van der Waals surface area contributed by atoms with Crippen LogP contribution >= 0.6 is 0 Å². The molecule has 0 aliphatic heterocycles. The Morgan fingerprint density at radius 2 is 1.93 bits per heavy atom. The first-order valence-electron chi connectivity index (χ1n) is 5.67. The quantitative estimate of drug-likeness (QED) is 0.698. The van der Waals surface area contributed by atoms with Crippen LogP contribution in [-0.4, -0.2) is 26.3 Å². The molecule has 0 spiro atoms. The van der Waals surface area contributed by atoms with E-state index in [0.29, 0.717) is 18.4 Å². The van der Waals surface area contributed by atoms with E-state index in [2.05, 4.69) is 4.72 Å². The molecule has 2 saturated carbocycles. The summed E-state index contributed by atoms with van der Waals surface area (Å²) >= 11 is 0. The summed E-state index contributed by atoms with van der Waals surface area (Å²) < 4.78 is 26.4. The third-order valence-corrected chi connectivity index (χ3v) is 5.13. The van der Waals surface area contributed by atoms with Gasteiger partial charge in [0.25, 0.3) is 0 Å². The third-order valence-electron chi connectivity index (χ3n) is 3.44. The van der Waals surface area contributed by atoms with E-state index < -0.39 is 15.6 Å². The van der Waals surface area contributed by atoms with Gasteiger partial charge in [0.15, 0.2) is 0 Å². The molecule has 4 nitrogen and oxygen atoms in total. The molecule has 3 N–H and O–H groups in total. The Bertz CT molecular complexity index is 333. The van der Waals surface area contributed by atoms with Gasteiger partial charge < -0.3 is 5.73 Å². The number of hydrogen-bond acceptors (Lipinski definition) is 3. The van der Waals surface area contributed by atoms with Gasteiger partial charge in [0.1, 0.15) is 0 Å². The van der Waals surface area contributed by atoms with Gasteiger partial charge in [-0.1, -0.05) is 0 Å². The van der Waals surface area contributed by atoms with Crippen molar-refractivity contribution in [1.82, 2.24) is 4.72 Å². The Labute approximate surface area is 91.7 Å². The van der Waals surface area contributed by atoms with Crippen molar-refractivity contribution in [3.63, 3.8) is 0 Å². The van der Waals surface area contributed by atoms with Gasteiger partial charge in [-0.15, -0.1) is 0 Å². The summed E-state index contributed by atoms with van der Waals surface area (Å²) in [5, 5.41) is 0. The van der Waals surface area contributed by atoms with Crippen LogP contribution in [0.3, 0.4) is 0 Å². The van der Waals surface area contributed by atoms with E-state index in [9.17, 15) is 8.42 Å². The number of nitrogens with two attached hydrogens (primary N) is 1. The lowest BCUT2D eigenvalue weighted by molar-refractivity contribution is 0.374. The maximum absolute atomic E-state index is 11.8. The van der Waals surface area contributed by atoms with Gasteiger partial charge >= 0.3 is 0 Å². The highest BCUT2D eigenvalue weighted by molar-refractivity contribution is 7.89. The molecule has 2 fully saturated rings. The Hall–Kier alpha value is -0.130. The Morgan fingerprint density at radius 3 is 2.33 bits per heavy atom. The summed E-state index contributed by atoms with van der Waals surface area (Å²) in [7, 11) is -3.12. The van der Waals surface area contributed by atoms with E-state index in [1.807, 2.05) is 6.92 Å². The fourth-order valence-corrected chi connectivity index (χ4v) is 4.00. The van der Waals surface area contributed by atoms with E-state index in [1.165, 1.54) is 0 Å². The van der Waals surface area contributed by atoms with Crippen LogP contribution in [0.5, 0.6) is 0 Å². The van der Waals surface area contributed by atoms with Crippen molar-refractivity contribution in [2.45, 2.75) is 38.1 Å². The van der Waals surface area contributed by atoms with Crippen molar-refractivity contribution in [2.24, 2.45) is 17.6 Å². The smallest absolute Gasteiger partial charge is 0.212 e. The molecule has 2 aliphatic carbocycles. The highest BCUT2D eigenvalue weighted by atomic mass is 32.2. The van der Waals surface area contributed by atoms with Crippen LogP contribution in [0.1, 0.15) is 32.6 Å². The summed E-state index contributed by atoms with van der Waals surface area (Å²) in [5.41, 5.74) is 5.27. The van der Waals surface area contributed by atoms with Gasteiger partial charge in [-0.05, 0) is 44.4 Å². The maximum Gasteiger partial charge on any atom is 0.212 e. The molecule has 88 valence electrons. The third kappa shape index (κ3) is 2.92. The van der Waals surface area contributed by atoms with E-state index in [0.717, 1.165) is 25.7 Å². The molecule has 1 unspecified atom stereocenters. The summed E-state index contributed by atoms with van der Waals surface area (Å²) in [6.45, 7) is 2.32. The first kappa shape index (κ1) is 11.4.